The van der Waals surface area contributed by atoms with Gasteiger partial charge in [0, 0.05) is 13.1 Å². The highest BCUT2D eigenvalue weighted by molar-refractivity contribution is 5.73. The Morgan fingerprint density at radius 2 is 1.67 bits per heavy atom. The molecule has 2 aromatic carbocycles. The van der Waals surface area contributed by atoms with E-state index in [1.807, 2.05) is 43.3 Å². The number of aromatic hydroxyl groups is 1. The zero-order valence-electron chi connectivity index (χ0n) is 13.9. The Hall–Kier alpha value is -2.69. The van der Waals surface area contributed by atoms with Gasteiger partial charge in [0.15, 0.2) is 0 Å². The number of benzene rings is 2. The van der Waals surface area contributed by atoms with Gasteiger partial charge >= 0.3 is 6.03 Å². The molecule has 0 bridgehead atoms. The first-order valence-corrected chi connectivity index (χ1v) is 8.12. The molecule has 0 radical (unpaired) electrons. The number of hydrogen-bond donors (Lipinski definition) is 3. The van der Waals surface area contributed by atoms with Crippen molar-refractivity contribution in [3.05, 3.63) is 59.7 Å². The summed E-state index contributed by atoms with van der Waals surface area (Å²) in [6.07, 6.45) is 1.48. The number of ether oxygens (including phenoxy) is 1. The first-order chi connectivity index (χ1) is 11.6. The lowest BCUT2D eigenvalue weighted by atomic mass is 10.1. The second-order valence-electron chi connectivity index (χ2n) is 5.61. The highest BCUT2D eigenvalue weighted by Gasteiger charge is 2.00. The normalized spacial score (nSPS) is 10.2. The van der Waals surface area contributed by atoms with Crippen molar-refractivity contribution in [1.82, 2.24) is 10.6 Å². The summed E-state index contributed by atoms with van der Waals surface area (Å²) in [4.78, 5) is 11.7. The topological polar surface area (TPSA) is 70.6 Å². The fourth-order valence-corrected chi connectivity index (χ4v) is 2.14. The van der Waals surface area contributed by atoms with Crippen molar-refractivity contribution in [1.29, 1.82) is 0 Å². The number of urea groups is 1. The van der Waals surface area contributed by atoms with Crippen LogP contribution in [-0.2, 0) is 6.42 Å². The van der Waals surface area contributed by atoms with Crippen LogP contribution in [0, 0.1) is 6.92 Å². The quantitative estimate of drug-likeness (QED) is 0.652. The van der Waals surface area contributed by atoms with E-state index in [1.165, 1.54) is 5.56 Å². The molecule has 2 aromatic rings. The summed E-state index contributed by atoms with van der Waals surface area (Å²) in [7, 11) is 0. The molecule has 128 valence electrons. The molecule has 0 unspecified atom stereocenters. The van der Waals surface area contributed by atoms with Crippen LogP contribution in [0.4, 0.5) is 4.79 Å². The van der Waals surface area contributed by atoms with E-state index in [-0.39, 0.29) is 11.8 Å². The van der Waals surface area contributed by atoms with Gasteiger partial charge in [-0.15, -0.1) is 0 Å². The van der Waals surface area contributed by atoms with Gasteiger partial charge in [-0.25, -0.2) is 4.79 Å². The lowest BCUT2D eigenvalue weighted by Crippen LogP contribution is -2.37. The van der Waals surface area contributed by atoms with Crippen LogP contribution < -0.4 is 15.4 Å². The molecule has 24 heavy (non-hydrogen) atoms. The monoisotopic (exact) mass is 328 g/mol. The summed E-state index contributed by atoms with van der Waals surface area (Å²) in [5.41, 5.74) is 2.27. The van der Waals surface area contributed by atoms with Crippen LogP contribution in [-0.4, -0.2) is 30.8 Å². The lowest BCUT2D eigenvalue weighted by Gasteiger charge is -2.09. The third kappa shape index (κ3) is 6.60. The minimum atomic E-state index is -0.177. The molecule has 0 heterocycles. The van der Waals surface area contributed by atoms with E-state index in [4.69, 9.17) is 4.74 Å². The number of phenols is 1. The molecule has 0 saturated carbocycles. The summed E-state index contributed by atoms with van der Waals surface area (Å²) in [6, 6.07) is 14.7. The number of amides is 2. The van der Waals surface area contributed by atoms with Crippen LogP contribution in [0.15, 0.2) is 48.5 Å². The van der Waals surface area contributed by atoms with Crippen molar-refractivity contribution in [2.75, 3.05) is 19.7 Å². The van der Waals surface area contributed by atoms with Crippen LogP contribution >= 0.6 is 0 Å². The van der Waals surface area contributed by atoms with E-state index >= 15 is 0 Å². The molecule has 0 aliphatic heterocycles. The van der Waals surface area contributed by atoms with Crippen molar-refractivity contribution in [2.24, 2.45) is 0 Å². The number of carbonyl (C=O) groups excluding carboxylic acids is 1. The highest BCUT2D eigenvalue weighted by Crippen LogP contribution is 2.11. The molecule has 0 aliphatic rings. The predicted molar refractivity (Wildman–Crippen MR) is 94.5 cm³/mol. The third-order valence-corrected chi connectivity index (χ3v) is 3.53. The molecule has 3 N–H and O–H groups in total. The van der Waals surface area contributed by atoms with Crippen molar-refractivity contribution < 1.29 is 14.6 Å². The summed E-state index contributed by atoms with van der Waals surface area (Å²) in [5.74, 6) is 1.09. The van der Waals surface area contributed by atoms with Crippen LogP contribution in [0.5, 0.6) is 11.5 Å². The van der Waals surface area contributed by atoms with Crippen LogP contribution in [0.25, 0.3) is 0 Å². The van der Waals surface area contributed by atoms with Gasteiger partial charge in [0.2, 0.25) is 0 Å². The molecule has 0 spiro atoms. The maximum atomic E-state index is 11.7. The first kappa shape index (κ1) is 17.7. The standard InChI is InChI=1S/C19H24N2O3/c1-15-3-9-18(10-4-15)24-14-2-12-20-19(23)21-13-11-16-5-7-17(22)8-6-16/h3-10,22H,2,11-14H2,1H3,(H2,20,21,23). The molecule has 0 aliphatic carbocycles. The van der Waals surface area contributed by atoms with Gasteiger partial charge in [-0.3, -0.25) is 0 Å². The van der Waals surface area contributed by atoms with Gasteiger partial charge in [-0.2, -0.15) is 0 Å². The van der Waals surface area contributed by atoms with E-state index < -0.39 is 0 Å². The minimum Gasteiger partial charge on any atom is -0.508 e. The smallest absolute Gasteiger partial charge is 0.314 e. The number of nitrogens with one attached hydrogen (secondary N) is 2. The Morgan fingerprint density at radius 3 is 2.38 bits per heavy atom. The Kier molecular flexibility index (Phi) is 6.95. The molecule has 5 heteroatoms. The Morgan fingerprint density at radius 1 is 1.00 bits per heavy atom. The molecule has 2 rings (SSSR count). The van der Waals surface area contributed by atoms with Crippen molar-refractivity contribution in [3.63, 3.8) is 0 Å². The second-order valence-corrected chi connectivity index (χ2v) is 5.61. The maximum Gasteiger partial charge on any atom is 0.314 e. The van der Waals surface area contributed by atoms with E-state index in [2.05, 4.69) is 10.6 Å². The zero-order chi connectivity index (χ0) is 17.2. The number of hydrogen-bond acceptors (Lipinski definition) is 3. The molecule has 5 nitrogen and oxygen atoms in total. The maximum absolute atomic E-state index is 11.7. The number of rotatable bonds is 8. The Labute approximate surface area is 142 Å². The van der Waals surface area contributed by atoms with Crippen molar-refractivity contribution in [2.45, 2.75) is 19.8 Å². The molecule has 0 fully saturated rings. The third-order valence-electron chi connectivity index (χ3n) is 3.53. The zero-order valence-corrected chi connectivity index (χ0v) is 13.9. The highest BCUT2D eigenvalue weighted by atomic mass is 16.5. The minimum absolute atomic E-state index is 0.177. The van der Waals surface area contributed by atoms with Gasteiger partial charge in [0.25, 0.3) is 0 Å². The molecule has 0 atom stereocenters. The summed E-state index contributed by atoms with van der Waals surface area (Å²) >= 11 is 0. The summed E-state index contributed by atoms with van der Waals surface area (Å²) < 4.78 is 5.60. The lowest BCUT2D eigenvalue weighted by molar-refractivity contribution is 0.239. The average Bonchev–Trinajstić information content (AvgIpc) is 2.58. The number of aryl methyl sites for hydroxylation is 1. The Balaban J connectivity index is 1.51. The van der Waals surface area contributed by atoms with Gasteiger partial charge in [-0.1, -0.05) is 29.8 Å². The van der Waals surface area contributed by atoms with E-state index in [9.17, 15) is 9.90 Å². The predicted octanol–water partition coefficient (Wildman–Crippen LogP) is 3.01. The molecular formula is C19H24N2O3. The van der Waals surface area contributed by atoms with Crippen molar-refractivity contribution in [3.8, 4) is 11.5 Å². The van der Waals surface area contributed by atoms with E-state index in [0.717, 1.165) is 24.2 Å². The molecule has 0 saturated heterocycles. The van der Waals surface area contributed by atoms with Gasteiger partial charge in [-0.05, 0) is 49.6 Å². The van der Waals surface area contributed by atoms with E-state index in [1.54, 1.807) is 12.1 Å². The van der Waals surface area contributed by atoms with Crippen molar-refractivity contribution >= 4 is 6.03 Å². The number of phenolic OH excluding ortho intramolecular Hbond substituents is 1. The van der Waals surface area contributed by atoms with Gasteiger partial charge in [0.1, 0.15) is 11.5 Å². The fourth-order valence-electron chi connectivity index (χ4n) is 2.14. The SMILES string of the molecule is Cc1ccc(OCCCNC(=O)NCCc2ccc(O)cc2)cc1. The summed E-state index contributed by atoms with van der Waals surface area (Å²) in [6.45, 7) is 3.72. The summed E-state index contributed by atoms with van der Waals surface area (Å²) in [5, 5.41) is 14.8. The fraction of sp³-hybridized carbons (Fsp3) is 0.316. The largest absolute Gasteiger partial charge is 0.508 e. The second kappa shape index (κ2) is 9.45. The van der Waals surface area contributed by atoms with Gasteiger partial charge < -0.3 is 20.5 Å². The molecular weight excluding hydrogens is 304 g/mol. The average molecular weight is 328 g/mol. The van der Waals surface area contributed by atoms with Crippen LogP contribution in [0.1, 0.15) is 17.5 Å². The Bertz CT molecular complexity index is 624. The molecule has 2 amide bonds. The molecule has 0 aromatic heterocycles. The van der Waals surface area contributed by atoms with Crippen LogP contribution in [0.3, 0.4) is 0 Å². The number of carbonyl (C=O) groups is 1. The van der Waals surface area contributed by atoms with Crippen LogP contribution in [0.2, 0.25) is 0 Å². The first-order valence-electron chi connectivity index (χ1n) is 8.12. The van der Waals surface area contributed by atoms with Gasteiger partial charge in [0.05, 0.1) is 6.61 Å². The van der Waals surface area contributed by atoms with E-state index in [0.29, 0.717) is 19.7 Å².